The Bertz CT molecular complexity index is 640. The van der Waals surface area contributed by atoms with Gasteiger partial charge in [0, 0.05) is 6.42 Å². The van der Waals surface area contributed by atoms with Gasteiger partial charge >= 0.3 is 0 Å². The van der Waals surface area contributed by atoms with Crippen molar-refractivity contribution in [3.8, 4) is 0 Å². The summed E-state index contributed by atoms with van der Waals surface area (Å²) in [5.74, 6) is -0.314. The maximum Gasteiger partial charge on any atom is 0.270 e. The molecule has 0 bridgehead atoms. The quantitative estimate of drug-likeness (QED) is 0.760. The molecule has 5 nitrogen and oxygen atoms in total. The van der Waals surface area contributed by atoms with Gasteiger partial charge in [0.1, 0.15) is 5.69 Å². The smallest absolute Gasteiger partial charge is 0.270 e. The number of hydrogen-bond donors (Lipinski definition) is 3. The third-order valence-electron chi connectivity index (χ3n) is 3.51. The fourth-order valence-corrected chi connectivity index (χ4v) is 2.50. The summed E-state index contributed by atoms with van der Waals surface area (Å²) in [6.07, 6.45) is 1.38. The average Bonchev–Trinajstić information content (AvgIpc) is 2.76. The molecule has 1 aromatic carbocycles. The van der Waals surface area contributed by atoms with Crippen LogP contribution in [0.1, 0.15) is 27.7 Å². The number of nitrogens with zero attached hydrogens (tertiary/aromatic N) is 1. The fourth-order valence-electron chi connectivity index (χ4n) is 2.50. The number of carbonyl (C=O) groups is 1. The lowest BCUT2D eigenvalue weighted by Crippen LogP contribution is -2.34. The first-order chi connectivity index (χ1) is 9.65. The Morgan fingerprint density at radius 1 is 1.30 bits per heavy atom. The van der Waals surface area contributed by atoms with Crippen molar-refractivity contribution in [1.82, 2.24) is 10.3 Å². The number of aliphatic hydroxyl groups excluding tert-OH is 1. The first-order valence-electron chi connectivity index (χ1n) is 6.43. The molecule has 1 amide bonds. The van der Waals surface area contributed by atoms with Crippen molar-refractivity contribution in [3.63, 3.8) is 0 Å². The van der Waals surface area contributed by atoms with E-state index in [1.807, 2.05) is 24.3 Å². The van der Waals surface area contributed by atoms with Gasteiger partial charge in [-0.2, -0.15) is 0 Å². The van der Waals surface area contributed by atoms with Crippen LogP contribution in [-0.2, 0) is 6.42 Å². The zero-order valence-corrected chi connectivity index (χ0v) is 10.8. The molecule has 0 saturated carbocycles. The lowest BCUT2D eigenvalue weighted by atomic mass is 10.1. The number of rotatable bonds is 2. The van der Waals surface area contributed by atoms with Gasteiger partial charge in [-0.3, -0.25) is 4.79 Å². The minimum absolute atomic E-state index is 0.288. The number of aromatic nitrogens is 1. The Morgan fingerprint density at radius 3 is 2.85 bits per heavy atom. The molecule has 1 heterocycles. The van der Waals surface area contributed by atoms with Crippen LogP contribution in [0.4, 0.5) is 5.69 Å². The van der Waals surface area contributed by atoms with Crippen LogP contribution in [0.25, 0.3) is 0 Å². The van der Waals surface area contributed by atoms with Gasteiger partial charge in [0.15, 0.2) is 0 Å². The standard InChI is InChI=1S/C15H15N3O2/c16-10-5-6-12(17-8-10)15(20)18-14-11-4-2-1-3-9(11)7-13(14)19/h1-6,8,13-14,19H,7,16H2,(H,18,20)/t13-,14+/m1/s1. The number of aliphatic hydroxyl groups is 1. The second-order valence-electron chi connectivity index (χ2n) is 4.90. The predicted octanol–water partition coefficient (Wildman–Crippen LogP) is 1.05. The van der Waals surface area contributed by atoms with E-state index in [1.54, 1.807) is 12.1 Å². The van der Waals surface area contributed by atoms with E-state index >= 15 is 0 Å². The van der Waals surface area contributed by atoms with E-state index in [-0.39, 0.29) is 11.6 Å². The predicted molar refractivity (Wildman–Crippen MR) is 75.0 cm³/mol. The van der Waals surface area contributed by atoms with Gasteiger partial charge in [-0.25, -0.2) is 4.98 Å². The van der Waals surface area contributed by atoms with Crippen molar-refractivity contribution in [1.29, 1.82) is 0 Å². The van der Waals surface area contributed by atoms with Crippen LogP contribution in [-0.4, -0.2) is 22.1 Å². The summed E-state index contributed by atoms with van der Waals surface area (Å²) in [5, 5.41) is 12.9. The van der Waals surface area contributed by atoms with Crippen molar-refractivity contribution >= 4 is 11.6 Å². The van der Waals surface area contributed by atoms with Gasteiger partial charge in [0.2, 0.25) is 0 Å². The Labute approximate surface area is 116 Å². The molecule has 2 aromatic rings. The van der Waals surface area contributed by atoms with Gasteiger partial charge in [-0.05, 0) is 23.3 Å². The van der Waals surface area contributed by atoms with E-state index < -0.39 is 12.1 Å². The molecule has 2 atom stereocenters. The summed E-state index contributed by atoms with van der Waals surface area (Å²) in [5.41, 5.74) is 8.36. The van der Waals surface area contributed by atoms with Crippen molar-refractivity contribution < 1.29 is 9.90 Å². The molecule has 0 unspecified atom stereocenters. The van der Waals surface area contributed by atoms with E-state index in [4.69, 9.17) is 5.73 Å². The SMILES string of the molecule is Nc1ccc(C(=O)N[C@H]2c3ccccc3C[C@H]2O)nc1. The minimum Gasteiger partial charge on any atom is -0.397 e. The number of fused-ring (bicyclic) bond motifs is 1. The van der Waals surface area contributed by atoms with Crippen molar-refractivity contribution in [2.45, 2.75) is 18.6 Å². The van der Waals surface area contributed by atoms with Crippen LogP contribution in [0.2, 0.25) is 0 Å². The normalized spacial score (nSPS) is 20.4. The van der Waals surface area contributed by atoms with Crippen LogP contribution < -0.4 is 11.1 Å². The van der Waals surface area contributed by atoms with Crippen molar-refractivity contribution in [2.24, 2.45) is 0 Å². The van der Waals surface area contributed by atoms with E-state index in [9.17, 15) is 9.90 Å². The molecule has 20 heavy (non-hydrogen) atoms. The molecule has 1 aromatic heterocycles. The van der Waals surface area contributed by atoms with E-state index in [1.165, 1.54) is 6.20 Å². The number of amides is 1. The van der Waals surface area contributed by atoms with Crippen molar-refractivity contribution in [2.75, 3.05) is 5.73 Å². The van der Waals surface area contributed by atoms with E-state index in [0.717, 1.165) is 11.1 Å². The fraction of sp³-hybridized carbons (Fsp3) is 0.200. The zero-order valence-electron chi connectivity index (χ0n) is 10.8. The molecule has 0 spiro atoms. The molecule has 5 heteroatoms. The maximum atomic E-state index is 12.1. The summed E-state index contributed by atoms with van der Waals surface area (Å²) in [6, 6.07) is 10.5. The average molecular weight is 269 g/mol. The van der Waals surface area contributed by atoms with Crippen LogP contribution in [0.5, 0.6) is 0 Å². The minimum atomic E-state index is -0.606. The molecule has 0 aliphatic heterocycles. The largest absolute Gasteiger partial charge is 0.397 e. The topological polar surface area (TPSA) is 88.2 Å². The van der Waals surface area contributed by atoms with Gasteiger partial charge in [-0.15, -0.1) is 0 Å². The zero-order chi connectivity index (χ0) is 14.1. The molecule has 3 rings (SSSR count). The molecule has 1 aliphatic carbocycles. The highest BCUT2D eigenvalue weighted by Gasteiger charge is 2.32. The lowest BCUT2D eigenvalue weighted by Gasteiger charge is -2.17. The molecule has 1 aliphatic rings. The molecular formula is C15H15N3O2. The highest BCUT2D eigenvalue weighted by molar-refractivity contribution is 5.92. The number of nitrogen functional groups attached to an aromatic ring is 1. The third-order valence-corrected chi connectivity index (χ3v) is 3.51. The number of nitrogens with one attached hydrogen (secondary N) is 1. The number of benzene rings is 1. The van der Waals surface area contributed by atoms with Crippen LogP contribution in [0.3, 0.4) is 0 Å². The Hall–Kier alpha value is -2.40. The van der Waals surface area contributed by atoms with Gasteiger partial charge in [0.05, 0.1) is 24.0 Å². The van der Waals surface area contributed by atoms with E-state index in [0.29, 0.717) is 12.1 Å². The molecular weight excluding hydrogens is 254 g/mol. The van der Waals surface area contributed by atoms with Crippen LogP contribution >= 0.6 is 0 Å². The maximum absolute atomic E-state index is 12.1. The number of nitrogens with two attached hydrogens (primary N) is 1. The molecule has 102 valence electrons. The van der Waals surface area contributed by atoms with Gasteiger partial charge in [-0.1, -0.05) is 24.3 Å². The number of pyridine rings is 1. The Kier molecular flexibility index (Phi) is 3.12. The van der Waals surface area contributed by atoms with Gasteiger partial charge in [0.25, 0.3) is 5.91 Å². The summed E-state index contributed by atoms with van der Waals surface area (Å²) in [7, 11) is 0. The molecule has 0 saturated heterocycles. The first kappa shape index (κ1) is 12.6. The lowest BCUT2D eigenvalue weighted by molar-refractivity contribution is 0.0853. The second-order valence-corrected chi connectivity index (χ2v) is 4.90. The number of hydrogen-bond acceptors (Lipinski definition) is 4. The summed E-state index contributed by atoms with van der Waals surface area (Å²) >= 11 is 0. The van der Waals surface area contributed by atoms with Crippen LogP contribution in [0, 0.1) is 0 Å². The third kappa shape index (κ3) is 2.23. The molecule has 0 radical (unpaired) electrons. The summed E-state index contributed by atoms with van der Waals surface area (Å²) < 4.78 is 0. The highest BCUT2D eigenvalue weighted by Crippen LogP contribution is 2.31. The number of anilines is 1. The monoisotopic (exact) mass is 269 g/mol. The second kappa shape index (κ2) is 4.94. The van der Waals surface area contributed by atoms with Crippen molar-refractivity contribution in [3.05, 3.63) is 59.4 Å². The molecule has 0 fully saturated rings. The Balaban J connectivity index is 1.81. The van der Waals surface area contributed by atoms with Gasteiger partial charge < -0.3 is 16.2 Å². The summed E-state index contributed by atoms with van der Waals surface area (Å²) in [4.78, 5) is 16.1. The van der Waals surface area contributed by atoms with Crippen LogP contribution in [0.15, 0.2) is 42.6 Å². The van der Waals surface area contributed by atoms with E-state index in [2.05, 4.69) is 10.3 Å². The number of carbonyl (C=O) groups excluding carboxylic acids is 1. The first-order valence-corrected chi connectivity index (χ1v) is 6.43. The molecule has 4 N–H and O–H groups in total. The Morgan fingerprint density at radius 2 is 2.10 bits per heavy atom. The summed E-state index contributed by atoms with van der Waals surface area (Å²) in [6.45, 7) is 0. The highest BCUT2D eigenvalue weighted by atomic mass is 16.3.